The average molecular weight is 328 g/mol. The number of thiazole rings is 1. The maximum Gasteiger partial charge on any atom is 0.259 e. The summed E-state index contributed by atoms with van der Waals surface area (Å²) in [6, 6.07) is 12.7. The van der Waals surface area contributed by atoms with E-state index in [1.165, 1.54) is 18.4 Å². The number of amides is 1. The standard InChI is InChI=1S/C17H16N2O3S/c1-10-5-3-8-13-14(10)18-17(23-13)19-16(21)15(20)11-6-4-7-12(9-11)22-2/h3-9,15,20H,1-2H3,(H,18,19,21). The smallest absolute Gasteiger partial charge is 0.259 e. The molecule has 5 nitrogen and oxygen atoms in total. The lowest BCUT2D eigenvalue weighted by Crippen LogP contribution is -2.20. The van der Waals surface area contributed by atoms with Gasteiger partial charge in [-0.2, -0.15) is 0 Å². The fourth-order valence-corrected chi connectivity index (χ4v) is 3.22. The Hall–Kier alpha value is -2.44. The molecule has 6 heteroatoms. The van der Waals surface area contributed by atoms with E-state index in [0.717, 1.165) is 15.8 Å². The van der Waals surface area contributed by atoms with Crippen molar-refractivity contribution < 1.29 is 14.6 Å². The van der Waals surface area contributed by atoms with Crippen LogP contribution in [0.25, 0.3) is 10.2 Å². The number of aliphatic hydroxyl groups is 1. The summed E-state index contributed by atoms with van der Waals surface area (Å²) < 4.78 is 6.10. The third-order valence-corrected chi connectivity index (χ3v) is 4.44. The number of aliphatic hydroxyl groups excluding tert-OH is 1. The second-order valence-electron chi connectivity index (χ2n) is 5.11. The number of benzene rings is 2. The van der Waals surface area contributed by atoms with Crippen molar-refractivity contribution in [2.45, 2.75) is 13.0 Å². The first-order chi connectivity index (χ1) is 11.1. The van der Waals surface area contributed by atoms with Crippen LogP contribution >= 0.6 is 11.3 Å². The van der Waals surface area contributed by atoms with Crippen LogP contribution in [0.1, 0.15) is 17.2 Å². The van der Waals surface area contributed by atoms with Crippen LogP contribution in [-0.2, 0) is 4.79 Å². The van der Waals surface area contributed by atoms with Crippen LogP contribution in [0.2, 0.25) is 0 Å². The van der Waals surface area contributed by atoms with Crippen molar-refractivity contribution in [3.8, 4) is 5.75 Å². The highest BCUT2D eigenvalue weighted by molar-refractivity contribution is 7.22. The first-order valence-corrected chi connectivity index (χ1v) is 7.89. The van der Waals surface area contributed by atoms with Crippen molar-refractivity contribution in [1.82, 2.24) is 4.98 Å². The fraction of sp³-hybridized carbons (Fsp3) is 0.176. The summed E-state index contributed by atoms with van der Waals surface area (Å²) in [6.45, 7) is 1.97. The molecule has 1 amide bonds. The van der Waals surface area contributed by atoms with Crippen LogP contribution in [0, 0.1) is 6.92 Å². The van der Waals surface area contributed by atoms with Crippen molar-refractivity contribution in [3.05, 3.63) is 53.6 Å². The van der Waals surface area contributed by atoms with Crippen LogP contribution < -0.4 is 10.1 Å². The zero-order valence-electron chi connectivity index (χ0n) is 12.7. The number of aromatic nitrogens is 1. The number of aryl methyl sites for hydroxylation is 1. The third-order valence-electron chi connectivity index (χ3n) is 3.51. The molecule has 1 heterocycles. The van der Waals surface area contributed by atoms with E-state index in [9.17, 15) is 9.90 Å². The quantitative estimate of drug-likeness (QED) is 0.771. The summed E-state index contributed by atoms with van der Waals surface area (Å²) in [7, 11) is 1.54. The zero-order chi connectivity index (χ0) is 16.4. The molecule has 0 saturated carbocycles. The molecule has 0 aliphatic carbocycles. The van der Waals surface area contributed by atoms with Gasteiger partial charge in [0.2, 0.25) is 0 Å². The number of rotatable bonds is 4. The Kier molecular flexibility index (Phi) is 4.27. The van der Waals surface area contributed by atoms with Crippen molar-refractivity contribution in [2.24, 2.45) is 0 Å². The Labute approximate surface area is 137 Å². The fourth-order valence-electron chi connectivity index (χ4n) is 2.28. The molecule has 0 spiro atoms. The highest BCUT2D eigenvalue weighted by Crippen LogP contribution is 2.29. The minimum absolute atomic E-state index is 0.471. The normalized spacial score (nSPS) is 12.1. The Morgan fingerprint density at radius 3 is 2.83 bits per heavy atom. The van der Waals surface area contributed by atoms with E-state index in [2.05, 4.69) is 10.3 Å². The molecule has 2 N–H and O–H groups in total. The zero-order valence-corrected chi connectivity index (χ0v) is 13.6. The minimum atomic E-state index is -1.28. The number of carbonyl (C=O) groups is 1. The lowest BCUT2D eigenvalue weighted by atomic mass is 10.1. The molecule has 0 saturated heterocycles. The van der Waals surface area contributed by atoms with Crippen molar-refractivity contribution >= 4 is 32.6 Å². The largest absolute Gasteiger partial charge is 0.497 e. The number of hydrogen-bond acceptors (Lipinski definition) is 5. The molecule has 3 rings (SSSR count). The van der Waals surface area contributed by atoms with Crippen molar-refractivity contribution in [2.75, 3.05) is 12.4 Å². The Morgan fingerprint density at radius 2 is 2.09 bits per heavy atom. The predicted molar refractivity (Wildman–Crippen MR) is 90.9 cm³/mol. The monoisotopic (exact) mass is 328 g/mol. The summed E-state index contributed by atoms with van der Waals surface area (Å²) in [6.07, 6.45) is -1.28. The molecule has 0 radical (unpaired) electrons. The van der Waals surface area contributed by atoms with Gasteiger partial charge in [-0.25, -0.2) is 4.98 Å². The molecule has 0 bridgehead atoms. The number of nitrogens with zero attached hydrogens (tertiary/aromatic N) is 1. The van der Waals surface area contributed by atoms with Gasteiger partial charge in [-0.05, 0) is 36.2 Å². The van der Waals surface area contributed by atoms with E-state index in [-0.39, 0.29) is 0 Å². The van der Waals surface area contributed by atoms with Crippen molar-refractivity contribution in [3.63, 3.8) is 0 Å². The predicted octanol–water partition coefficient (Wildman–Crippen LogP) is 3.29. The number of nitrogens with one attached hydrogen (secondary N) is 1. The summed E-state index contributed by atoms with van der Waals surface area (Å²) in [5.74, 6) is 0.0694. The number of fused-ring (bicyclic) bond motifs is 1. The van der Waals surface area contributed by atoms with Gasteiger partial charge < -0.3 is 9.84 Å². The van der Waals surface area contributed by atoms with Crippen LogP contribution in [0.5, 0.6) is 5.75 Å². The van der Waals surface area contributed by atoms with Gasteiger partial charge in [0.1, 0.15) is 5.75 Å². The number of para-hydroxylation sites is 1. The lowest BCUT2D eigenvalue weighted by Gasteiger charge is -2.11. The summed E-state index contributed by atoms with van der Waals surface area (Å²) >= 11 is 1.38. The first-order valence-electron chi connectivity index (χ1n) is 7.07. The average Bonchev–Trinajstić information content (AvgIpc) is 2.98. The molecular formula is C17H16N2O3S. The Bertz CT molecular complexity index is 860. The second kappa shape index (κ2) is 6.36. The molecule has 2 aromatic carbocycles. The SMILES string of the molecule is COc1cccc(C(O)C(=O)Nc2nc3c(C)cccc3s2)c1. The molecule has 1 unspecified atom stereocenters. The number of hydrogen-bond donors (Lipinski definition) is 2. The van der Waals surface area contributed by atoms with E-state index in [4.69, 9.17) is 4.74 Å². The van der Waals surface area contributed by atoms with Gasteiger partial charge in [-0.1, -0.05) is 35.6 Å². The van der Waals surface area contributed by atoms with E-state index in [1.54, 1.807) is 24.3 Å². The van der Waals surface area contributed by atoms with E-state index < -0.39 is 12.0 Å². The lowest BCUT2D eigenvalue weighted by molar-refractivity contribution is -0.124. The molecular weight excluding hydrogens is 312 g/mol. The summed E-state index contributed by atoms with van der Waals surface area (Å²) in [4.78, 5) is 16.7. The molecule has 0 aliphatic heterocycles. The first kappa shape index (κ1) is 15.5. The molecule has 0 aliphatic rings. The molecule has 3 aromatic rings. The summed E-state index contributed by atoms with van der Waals surface area (Å²) in [5, 5.41) is 13.4. The van der Waals surface area contributed by atoms with Gasteiger partial charge in [0, 0.05) is 0 Å². The van der Waals surface area contributed by atoms with Gasteiger partial charge in [0.25, 0.3) is 5.91 Å². The number of methoxy groups -OCH3 is 1. The maximum absolute atomic E-state index is 12.2. The highest BCUT2D eigenvalue weighted by atomic mass is 32.1. The number of anilines is 1. The van der Waals surface area contributed by atoms with Crippen LogP contribution in [0.3, 0.4) is 0 Å². The Balaban J connectivity index is 1.80. The molecule has 1 aromatic heterocycles. The molecule has 1 atom stereocenters. The van der Waals surface area contributed by atoms with E-state index in [1.807, 2.05) is 25.1 Å². The molecule has 0 fully saturated rings. The van der Waals surface area contributed by atoms with Gasteiger partial charge in [0.05, 0.1) is 17.3 Å². The van der Waals surface area contributed by atoms with Crippen LogP contribution in [0.15, 0.2) is 42.5 Å². The van der Waals surface area contributed by atoms with Gasteiger partial charge >= 0.3 is 0 Å². The van der Waals surface area contributed by atoms with Crippen LogP contribution in [0.4, 0.5) is 5.13 Å². The topological polar surface area (TPSA) is 71.5 Å². The van der Waals surface area contributed by atoms with Gasteiger partial charge in [0.15, 0.2) is 11.2 Å². The van der Waals surface area contributed by atoms with E-state index >= 15 is 0 Å². The third kappa shape index (κ3) is 3.18. The Morgan fingerprint density at radius 1 is 1.30 bits per heavy atom. The molecule has 23 heavy (non-hydrogen) atoms. The maximum atomic E-state index is 12.2. The van der Waals surface area contributed by atoms with E-state index in [0.29, 0.717) is 16.4 Å². The minimum Gasteiger partial charge on any atom is -0.497 e. The second-order valence-corrected chi connectivity index (χ2v) is 6.14. The highest BCUT2D eigenvalue weighted by Gasteiger charge is 2.19. The van der Waals surface area contributed by atoms with Crippen molar-refractivity contribution in [1.29, 1.82) is 0 Å². The number of ether oxygens (including phenoxy) is 1. The summed E-state index contributed by atoms with van der Waals surface area (Å²) in [5.41, 5.74) is 2.38. The molecule has 118 valence electrons. The van der Waals surface area contributed by atoms with Gasteiger partial charge in [-0.15, -0.1) is 0 Å². The van der Waals surface area contributed by atoms with Crippen LogP contribution in [-0.4, -0.2) is 23.1 Å². The van der Waals surface area contributed by atoms with Gasteiger partial charge in [-0.3, -0.25) is 10.1 Å². The number of carbonyl (C=O) groups excluding carboxylic acids is 1.